The lowest BCUT2D eigenvalue weighted by Gasteiger charge is -2.12. The van der Waals surface area contributed by atoms with Crippen LogP contribution >= 0.6 is 24.0 Å². The lowest BCUT2D eigenvalue weighted by Crippen LogP contribution is -2.38. The maximum atomic E-state index is 5.43. The number of hydrogen-bond donors (Lipinski definition) is 2. The van der Waals surface area contributed by atoms with Crippen LogP contribution in [0.3, 0.4) is 0 Å². The van der Waals surface area contributed by atoms with Crippen molar-refractivity contribution in [2.45, 2.75) is 26.9 Å². The normalized spacial score (nSPS) is 10.9. The summed E-state index contributed by atoms with van der Waals surface area (Å²) in [5, 5.41) is 6.58. The Kier molecular flexibility index (Phi) is 9.21. The van der Waals surface area contributed by atoms with Gasteiger partial charge in [-0.15, -0.1) is 24.0 Å². The highest BCUT2D eigenvalue weighted by Crippen LogP contribution is 2.20. The molecule has 0 spiro atoms. The molecule has 0 atom stereocenters. The number of guanidine groups is 1. The summed E-state index contributed by atoms with van der Waals surface area (Å²) in [5.41, 5.74) is 2.25. The van der Waals surface area contributed by atoms with Gasteiger partial charge in [0.2, 0.25) is 0 Å². The fourth-order valence-electron chi connectivity index (χ4n) is 2.21. The van der Waals surface area contributed by atoms with Crippen molar-refractivity contribution in [2.75, 3.05) is 20.2 Å². The quantitative estimate of drug-likeness (QED) is 0.393. The van der Waals surface area contributed by atoms with Gasteiger partial charge in [0.15, 0.2) is 5.96 Å². The molecule has 0 aliphatic rings. The molecule has 0 bridgehead atoms. The number of nitrogens with zero attached hydrogens (tertiary/aromatic N) is 3. The third kappa shape index (κ3) is 6.38. The maximum absolute atomic E-state index is 5.43. The first-order valence-corrected chi connectivity index (χ1v) is 7.84. The Hall–Kier alpha value is -1.77. The number of hydrogen-bond acceptors (Lipinski definition) is 3. The Morgan fingerprint density at radius 1 is 1.33 bits per heavy atom. The van der Waals surface area contributed by atoms with Gasteiger partial charge in [0.05, 0.1) is 20.0 Å². The van der Waals surface area contributed by atoms with Crippen LogP contribution < -0.4 is 15.4 Å². The van der Waals surface area contributed by atoms with Crippen LogP contribution in [0.15, 0.2) is 41.9 Å². The van der Waals surface area contributed by atoms with Crippen LogP contribution in [0.4, 0.5) is 0 Å². The third-order valence-electron chi connectivity index (χ3n) is 3.42. The average molecular weight is 443 g/mol. The first-order chi connectivity index (χ1) is 11.2. The van der Waals surface area contributed by atoms with E-state index in [9.17, 15) is 0 Å². The van der Waals surface area contributed by atoms with Gasteiger partial charge in [-0.25, -0.2) is 9.98 Å². The molecule has 7 heteroatoms. The molecule has 0 unspecified atom stereocenters. The molecule has 0 saturated heterocycles. The van der Waals surface area contributed by atoms with Crippen molar-refractivity contribution in [3.8, 4) is 5.75 Å². The van der Waals surface area contributed by atoms with E-state index in [-0.39, 0.29) is 24.0 Å². The van der Waals surface area contributed by atoms with E-state index < -0.39 is 0 Å². The molecule has 0 radical (unpaired) electrons. The summed E-state index contributed by atoms with van der Waals surface area (Å²) in [5.74, 6) is 1.68. The SMILES string of the molecule is CCNC(=NCc1ccc(C)cc1OC)NCCn1ccnc1.I. The highest BCUT2D eigenvalue weighted by molar-refractivity contribution is 14.0. The highest BCUT2D eigenvalue weighted by Gasteiger charge is 2.03. The number of imidazole rings is 1. The minimum Gasteiger partial charge on any atom is -0.496 e. The first kappa shape index (κ1) is 20.3. The van der Waals surface area contributed by atoms with Crippen molar-refractivity contribution < 1.29 is 4.74 Å². The molecule has 2 aromatic rings. The second-order valence-electron chi connectivity index (χ2n) is 5.24. The van der Waals surface area contributed by atoms with Crippen LogP contribution in [-0.4, -0.2) is 35.7 Å². The van der Waals surface area contributed by atoms with Gasteiger partial charge in [0, 0.05) is 37.6 Å². The molecule has 1 heterocycles. The zero-order valence-electron chi connectivity index (χ0n) is 14.5. The fraction of sp³-hybridized carbons (Fsp3) is 0.412. The lowest BCUT2D eigenvalue weighted by atomic mass is 10.1. The van der Waals surface area contributed by atoms with E-state index >= 15 is 0 Å². The van der Waals surface area contributed by atoms with Gasteiger partial charge in [-0.2, -0.15) is 0 Å². The van der Waals surface area contributed by atoms with Gasteiger partial charge in [-0.1, -0.05) is 12.1 Å². The van der Waals surface area contributed by atoms with E-state index in [0.29, 0.717) is 6.54 Å². The number of halogens is 1. The highest BCUT2D eigenvalue weighted by atomic mass is 127. The van der Waals surface area contributed by atoms with Crippen LogP contribution in [0.1, 0.15) is 18.1 Å². The predicted octanol–water partition coefficient (Wildman–Crippen LogP) is 2.57. The van der Waals surface area contributed by atoms with Crippen molar-refractivity contribution in [3.05, 3.63) is 48.0 Å². The van der Waals surface area contributed by atoms with Gasteiger partial charge in [-0.05, 0) is 25.5 Å². The molecule has 0 saturated carbocycles. The van der Waals surface area contributed by atoms with E-state index in [2.05, 4.69) is 46.6 Å². The molecule has 0 aliphatic heterocycles. The second-order valence-corrected chi connectivity index (χ2v) is 5.24. The van der Waals surface area contributed by atoms with Crippen LogP contribution in [0, 0.1) is 6.92 Å². The molecular weight excluding hydrogens is 417 g/mol. The van der Waals surface area contributed by atoms with Crippen LogP contribution in [0.5, 0.6) is 5.75 Å². The van der Waals surface area contributed by atoms with E-state index in [4.69, 9.17) is 4.74 Å². The van der Waals surface area contributed by atoms with E-state index in [0.717, 1.165) is 36.9 Å². The molecule has 6 nitrogen and oxygen atoms in total. The number of ether oxygens (including phenoxy) is 1. The van der Waals surface area contributed by atoms with Gasteiger partial charge in [-0.3, -0.25) is 0 Å². The topological polar surface area (TPSA) is 63.5 Å². The summed E-state index contributed by atoms with van der Waals surface area (Å²) in [6.07, 6.45) is 5.54. The van der Waals surface area contributed by atoms with Crippen molar-refractivity contribution >= 4 is 29.9 Å². The van der Waals surface area contributed by atoms with Crippen LogP contribution in [0.2, 0.25) is 0 Å². The maximum Gasteiger partial charge on any atom is 0.191 e. The van der Waals surface area contributed by atoms with Crippen molar-refractivity contribution in [2.24, 2.45) is 4.99 Å². The lowest BCUT2D eigenvalue weighted by molar-refractivity contribution is 0.409. The first-order valence-electron chi connectivity index (χ1n) is 7.84. The molecule has 2 N–H and O–H groups in total. The van der Waals surface area contributed by atoms with Crippen molar-refractivity contribution in [1.82, 2.24) is 20.2 Å². The fourth-order valence-corrected chi connectivity index (χ4v) is 2.21. The summed E-state index contributed by atoms with van der Waals surface area (Å²) >= 11 is 0. The van der Waals surface area contributed by atoms with Crippen molar-refractivity contribution in [1.29, 1.82) is 0 Å². The summed E-state index contributed by atoms with van der Waals surface area (Å²) < 4.78 is 7.46. The number of rotatable bonds is 7. The number of aromatic nitrogens is 2. The summed E-state index contributed by atoms with van der Waals surface area (Å²) in [6, 6.07) is 6.17. The minimum absolute atomic E-state index is 0. The van der Waals surface area contributed by atoms with E-state index in [1.807, 2.05) is 23.2 Å². The molecular formula is C17H26IN5O. The van der Waals surface area contributed by atoms with E-state index in [1.165, 1.54) is 5.56 Å². The molecule has 1 aromatic carbocycles. The minimum atomic E-state index is 0. The van der Waals surface area contributed by atoms with Gasteiger partial charge in [0.25, 0.3) is 0 Å². The standard InChI is InChI=1S/C17H25N5O.HI/c1-4-19-17(20-8-10-22-9-7-18-13-22)21-12-15-6-5-14(2)11-16(15)23-3;/h5-7,9,11,13H,4,8,10,12H2,1-3H3,(H2,19,20,21);1H. The number of benzene rings is 1. The number of nitrogens with one attached hydrogen (secondary N) is 2. The second kappa shape index (κ2) is 10.9. The largest absolute Gasteiger partial charge is 0.496 e. The average Bonchev–Trinajstić information content (AvgIpc) is 3.06. The molecule has 2 rings (SSSR count). The third-order valence-corrected chi connectivity index (χ3v) is 3.42. The molecule has 0 fully saturated rings. The molecule has 24 heavy (non-hydrogen) atoms. The Labute approximate surface area is 160 Å². The summed E-state index contributed by atoms with van der Waals surface area (Å²) in [4.78, 5) is 8.66. The predicted molar refractivity (Wildman–Crippen MR) is 108 cm³/mol. The zero-order chi connectivity index (χ0) is 16.5. The molecule has 1 aromatic heterocycles. The molecule has 0 amide bonds. The molecule has 0 aliphatic carbocycles. The van der Waals surface area contributed by atoms with Gasteiger partial charge < -0.3 is 19.9 Å². The Balaban J connectivity index is 0.00000288. The van der Waals surface area contributed by atoms with E-state index in [1.54, 1.807) is 13.3 Å². The Morgan fingerprint density at radius 3 is 2.83 bits per heavy atom. The smallest absolute Gasteiger partial charge is 0.191 e. The van der Waals surface area contributed by atoms with Crippen molar-refractivity contribution in [3.63, 3.8) is 0 Å². The number of aryl methyl sites for hydroxylation is 1. The monoisotopic (exact) mass is 443 g/mol. The summed E-state index contributed by atoms with van der Waals surface area (Å²) in [7, 11) is 1.69. The van der Waals surface area contributed by atoms with Gasteiger partial charge in [0.1, 0.15) is 5.75 Å². The van der Waals surface area contributed by atoms with Crippen LogP contribution in [-0.2, 0) is 13.1 Å². The van der Waals surface area contributed by atoms with Gasteiger partial charge >= 0.3 is 0 Å². The Morgan fingerprint density at radius 2 is 2.17 bits per heavy atom. The Bertz CT molecular complexity index is 628. The summed E-state index contributed by atoms with van der Waals surface area (Å²) in [6.45, 7) is 7.13. The number of methoxy groups -OCH3 is 1. The molecule has 132 valence electrons. The van der Waals surface area contributed by atoms with Crippen LogP contribution in [0.25, 0.3) is 0 Å². The zero-order valence-corrected chi connectivity index (χ0v) is 16.8. The number of aliphatic imine (C=N–C) groups is 1.